The van der Waals surface area contributed by atoms with Gasteiger partial charge in [-0.05, 0) is 61.9 Å². The molecule has 2 aromatic carbocycles. The van der Waals surface area contributed by atoms with Crippen LogP contribution in [0.4, 0.5) is 4.39 Å². The number of phenols is 1. The van der Waals surface area contributed by atoms with Gasteiger partial charge in [0.15, 0.2) is 17.4 Å². The number of halogens is 1. The Labute approximate surface area is 196 Å². The molecular weight excluding hydrogens is 415 g/mol. The Hall–Kier alpha value is -3.05. The minimum Gasteiger partial charge on any atom is -0.505 e. The zero-order valence-electron chi connectivity index (χ0n) is 19.5. The summed E-state index contributed by atoms with van der Waals surface area (Å²) in [4.78, 5) is 8.69. The molecule has 5 heteroatoms. The fourth-order valence-electron chi connectivity index (χ4n) is 3.52. The summed E-state index contributed by atoms with van der Waals surface area (Å²) in [6.07, 6.45) is 15.0. The molecule has 4 nitrogen and oxygen atoms in total. The first kappa shape index (κ1) is 24.6. The van der Waals surface area contributed by atoms with E-state index in [1.807, 2.05) is 12.1 Å². The number of ether oxygens (including phenoxy) is 1. The number of hydrogen-bond donors (Lipinski definition) is 1. The topological polar surface area (TPSA) is 55.2 Å². The molecule has 1 N–H and O–H groups in total. The summed E-state index contributed by atoms with van der Waals surface area (Å²) in [5, 5.41) is 9.33. The van der Waals surface area contributed by atoms with Crippen molar-refractivity contribution >= 4 is 6.08 Å². The molecule has 0 radical (unpaired) electrons. The molecule has 0 saturated carbocycles. The molecule has 3 aromatic rings. The monoisotopic (exact) mass is 448 g/mol. The Morgan fingerprint density at radius 1 is 0.970 bits per heavy atom. The van der Waals surface area contributed by atoms with Crippen LogP contribution in [0.3, 0.4) is 0 Å². The van der Waals surface area contributed by atoms with Crippen LogP contribution in [0.5, 0.6) is 5.75 Å². The van der Waals surface area contributed by atoms with E-state index in [4.69, 9.17) is 4.74 Å². The lowest BCUT2D eigenvalue weighted by molar-refractivity contribution is 0.0566. The van der Waals surface area contributed by atoms with Crippen molar-refractivity contribution in [3.8, 4) is 28.3 Å². The van der Waals surface area contributed by atoms with Gasteiger partial charge in [0, 0.05) is 30.1 Å². The van der Waals surface area contributed by atoms with E-state index in [9.17, 15) is 9.50 Å². The van der Waals surface area contributed by atoms with Gasteiger partial charge >= 0.3 is 0 Å². The summed E-state index contributed by atoms with van der Waals surface area (Å²) in [5.41, 5.74) is 3.58. The molecule has 0 bridgehead atoms. The average Bonchev–Trinajstić information content (AvgIpc) is 2.84. The van der Waals surface area contributed by atoms with Crippen molar-refractivity contribution in [2.24, 2.45) is 0 Å². The highest BCUT2D eigenvalue weighted by Crippen LogP contribution is 2.24. The maximum atomic E-state index is 13.6. The van der Waals surface area contributed by atoms with E-state index in [1.54, 1.807) is 18.5 Å². The van der Waals surface area contributed by atoms with Crippen LogP contribution < -0.4 is 0 Å². The van der Waals surface area contributed by atoms with Crippen molar-refractivity contribution in [2.45, 2.75) is 58.5 Å². The van der Waals surface area contributed by atoms with Crippen LogP contribution in [0.15, 0.2) is 60.9 Å². The maximum absolute atomic E-state index is 13.6. The van der Waals surface area contributed by atoms with Gasteiger partial charge < -0.3 is 9.84 Å². The Balaban J connectivity index is 1.47. The molecule has 1 heterocycles. The fraction of sp³-hybridized carbons (Fsp3) is 0.357. The molecule has 0 aliphatic rings. The minimum atomic E-state index is -0.686. The molecule has 0 fully saturated rings. The van der Waals surface area contributed by atoms with Gasteiger partial charge in [-0.25, -0.2) is 14.4 Å². The molecule has 1 aromatic heterocycles. The van der Waals surface area contributed by atoms with E-state index in [0.717, 1.165) is 49.0 Å². The first-order valence-electron chi connectivity index (χ1n) is 11.8. The molecule has 0 aliphatic heterocycles. The summed E-state index contributed by atoms with van der Waals surface area (Å²) in [7, 11) is 0. The van der Waals surface area contributed by atoms with Crippen molar-refractivity contribution in [3.63, 3.8) is 0 Å². The highest BCUT2D eigenvalue weighted by atomic mass is 19.1. The highest BCUT2D eigenvalue weighted by Gasteiger charge is 2.07. The van der Waals surface area contributed by atoms with Crippen LogP contribution in [0.1, 0.15) is 57.9 Å². The van der Waals surface area contributed by atoms with E-state index in [1.165, 1.54) is 25.0 Å². The van der Waals surface area contributed by atoms with Crippen molar-refractivity contribution < 1.29 is 14.2 Å². The fourth-order valence-corrected chi connectivity index (χ4v) is 3.52. The summed E-state index contributed by atoms with van der Waals surface area (Å²) in [6.45, 7) is 5.24. The summed E-state index contributed by atoms with van der Waals surface area (Å²) < 4.78 is 19.4. The van der Waals surface area contributed by atoms with Crippen LogP contribution in [0, 0.1) is 5.82 Å². The predicted molar refractivity (Wildman–Crippen MR) is 132 cm³/mol. The molecular formula is C28H33FN2O2. The molecule has 0 aliphatic carbocycles. The van der Waals surface area contributed by atoms with Crippen LogP contribution in [-0.4, -0.2) is 27.8 Å². The molecule has 33 heavy (non-hydrogen) atoms. The lowest BCUT2D eigenvalue weighted by Crippen LogP contribution is -2.08. The number of hydrogen-bond acceptors (Lipinski definition) is 4. The number of aromatic hydroxyl groups is 1. The highest BCUT2D eigenvalue weighted by molar-refractivity contribution is 5.66. The number of allylic oxidation sites excluding steroid dienone is 1. The number of unbranched alkanes of at least 4 members (excludes halogenated alkanes) is 3. The normalized spacial score (nSPS) is 12.3. The van der Waals surface area contributed by atoms with E-state index < -0.39 is 5.82 Å². The molecule has 174 valence electrons. The van der Waals surface area contributed by atoms with Crippen molar-refractivity contribution in [1.29, 1.82) is 0 Å². The van der Waals surface area contributed by atoms with Crippen LogP contribution in [0.25, 0.3) is 28.6 Å². The SMILES string of the molecule is CCCCCOC(C)CCC/C=C/c1ccc(-c2cnc(-c3ccc(O)c(F)c3)nc2)cc1. The standard InChI is InChI=1S/C28H33FN2O2/c1-3-4-8-17-33-21(2)9-6-5-7-10-22-11-13-23(14-12-22)25-19-30-28(31-20-25)24-15-16-27(32)26(29)18-24/h7,10-16,18-21,32H,3-6,8-9,17H2,1-2H3/b10-7+. The number of rotatable bonds is 12. The summed E-state index contributed by atoms with van der Waals surface area (Å²) in [5.74, 6) is -0.655. The number of nitrogens with zero attached hydrogens (tertiary/aromatic N) is 2. The van der Waals surface area contributed by atoms with Gasteiger partial charge in [0.2, 0.25) is 0 Å². The second-order valence-corrected chi connectivity index (χ2v) is 8.31. The Bertz CT molecular complexity index is 1020. The van der Waals surface area contributed by atoms with Gasteiger partial charge in [0.25, 0.3) is 0 Å². The van der Waals surface area contributed by atoms with E-state index in [2.05, 4.69) is 48.1 Å². The lowest BCUT2D eigenvalue weighted by Gasteiger charge is -2.12. The van der Waals surface area contributed by atoms with Crippen LogP contribution >= 0.6 is 0 Å². The van der Waals surface area contributed by atoms with E-state index >= 15 is 0 Å². The van der Waals surface area contributed by atoms with E-state index in [-0.39, 0.29) is 5.75 Å². The first-order chi connectivity index (χ1) is 16.1. The Morgan fingerprint density at radius 2 is 1.70 bits per heavy atom. The van der Waals surface area contributed by atoms with Crippen molar-refractivity contribution in [3.05, 3.63) is 72.3 Å². The first-order valence-corrected chi connectivity index (χ1v) is 11.8. The Kier molecular flexibility index (Phi) is 9.58. The van der Waals surface area contributed by atoms with E-state index in [0.29, 0.717) is 17.5 Å². The van der Waals surface area contributed by atoms with Crippen molar-refractivity contribution in [1.82, 2.24) is 9.97 Å². The Morgan fingerprint density at radius 3 is 2.39 bits per heavy atom. The van der Waals surface area contributed by atoms with Gasteiger partial charge in [-0.15, -0.1) is 0 Å². The summed E-state index contributed by atoms with van der Waals surface area (Å²) >= 11 is 0. The second kappa shape index (κ2) is 12.9. The zero-order chi connectivity index (χ0) is 23.5. The third-order valence-corrected chi connectivity index (χ3v) is 5.54. The van der Waals surface area contributed by atoms with Gasteiger partial charge in [0.1, 0.15) is 0 Å². The van der Waals surface area contributed by atoms with Gasteiger partial charge in [-0.1, -0.05) is 56.2 Å². The van der Waals surface area contributed by atoms with Crippen LogP contribution in [-0.2, 0) is 4.74 Å². The molecule has 1 unspecified atom stereocenters. The molecule has 0 spiro atoms. The van der Waals surface area contributed by atoms with Crippen molar-refractivity contribution in [2.75, 3.05) is 6.61 Å². The number of benzene rings is 2. The van der Waals surface area contributed by atoms with Gasteiger partial charge in [0.05, 0.1) is 6.10 Å². The zero-order valence-corrected chi connectivity index (χ0v) is 19.5. The largest absolute Gasteiger partial charge is 0.505 e. The quantitative estimate of drug-likeness (QED) is 0.293. The second-order valence-electron chi connectivity index (χ2n) is 8.31. The smallest absolute Gasteiger partial charge is 0.165 e. The molecule has 0 amide bonds. The molecule has 0 saturated heterocycles. The third-order valence-electron chi connectivity index (χ3n) is 5.54. The third kappa shape index (κ3) is 7.79. The maximum Gasteiger partial charge on any atom is 0.165 e. The minimum absolute atomic E-state index is 0.330. The molecule has 1 atom stereocenters. The van der Waals surface area contributed by atoms with Gasteiger partial charge in [-0.2, -0.15) is 0 Å². The number of aromatic nitrogens is 2. The van der Waals surface area contributed by atoms with Crippen LogP contribution in [0.2, 0.25) is 0 Å². The average molecular weight is 449 g/mol. The number of phenolic OH excluding ortho intramolecular Hbond substituents is 1. The predicted octanol–water partition coefficient (Wildman–Crippen LogP) is 7.43. The van der Waals surface area contributed by atoms with Gasteiger partial charge in [-0.3, -0.25) is 0 Å². The lowest BCUT2D eigenvalue weighted by atomic mass is 10.1. The summed E-state index contributed by atoms with van der Waals surface area (Å²) in [6, 6.07) is 12.4. The molecule has 3 rings (SSSR count).